The Bertz CT molecular complexity index is 791. The van der Waals surface area contributed by atoms with Crippen LogP contribution in [0.3, 0.4) is 0 Å². The van der Waals surface area contributed by atoms with Crippen LogP contribution in [0, 0.1) is 5.82 Å². The predicted molar refractivity (Wildman–Crippen MR) is 102 cm³/mol. The van der Waals surface area contributed by atoms with Crippen LogP contribution in [0.25, 0.3) is 0 Å². The summed E-state index contributed by atoms with van der Waals surface area (Å²) in [7, 11) is 0. The third-order valence-corrected chi connectivity index (χ3v) is 6.09. The van der Waals surface area contributed by atoms with Crippen LogP contribution < -0.4 is 4.90 Å². The summed E-state index contributed by atoms with van der Waals surface area (Å²) in [6.45, 7) is 2.25. The van der Waals surface area contributed by atoms with Gasteiger partial charge in [-0.15, -0.1) is 0 Å². The van der Waals surface area contributed by atoms with Crippen molar-refractivity contribution in [3.05, 3.63) is 53.6 Å². The van der Waals surface area contributed by atoms with Gasteiger partial charge in [-0.2, -0.15) is 0 Å². The van der Waals surface area contributed by atoms with E-state index in [1.807, 2.05) is 0 Å². The number of amides is 1. The number of carbonyl (C=O) groups is 1. The molecule has 138 valence electrons. The zero-order valence-electron chi connectivity index (χ0n) is 15.5. The lowest BCUT2D eigenvalue weighted by molar-refractivity contribution is -0.116. The topological polar surface area (TPSA) is 25.2 Å². The second-order valence-corrected chi connectivity index (χ2v) is 7.77. The molecule has 3 nitrogen and oxygen atoms in total. The van der Waals surface area contributed by atoms with E-state index in [1.54, 1.807) is 24.0 Å². The standard InChI is InChI=1S/C22H27FN2O/c1-16(26)25-15-17(21-14-18(23)10-12-22(21)25)9-11-20-8-5-13-24(20)19-6-3-2-4-7-19/h5,8,10,12-14,17,19H,2-4,6-7,9,11,15H2,1H3. The molecule has 1 atom stereocenters. The van der Waals surface area contributed by atoms with Gasteiger partial charge in [0, 0.05) is 43.0 Å². The number of anilines is 1. The fourth-order valence-corrected chi connectivity index (χ4v) is 4.74. The highest BCUT2D eigenvalue weighted by molar-refractivity contribution is 5.94. The van der Waals surface area contributed by atoms with Crippen molar-refractivity contribution in [1.82, 2.24) is 4.57 Å². The highest BCUT2D eigenvalue weighted by Crippen LogP contribution is 2.39. The van der Waals surface area contributed by atoms with E-state index in [-0.39, 0.29) is 17.6 Å². The van der Waals surface area contributed by atoms with Gasteiger partial charge in [-0.1, -0.05) is 19.3 Å². The van der Waals surface area contributed by atoms with Gasteiger partial charge in [-0.3, -0.25) is 4.79 Å². The van der Waals surface area contributed by atoms with Gasteiger partial charge < -0.3 is 9.47 Å². The number of aryl methyl sites for hydroxylation is 1. The van der Waals surface area contributed by atoms with E-state index >= 15 is 0 Å². The average Bonchev–Trinajstić information content (AvgIpc) is 3.25. The number of hydrogen-bond acceptors (Lipinski definition) is 1. The maximum absolute atomic E-state index is 13.8. The molecular formula is C22H27FN2O. The van der Waals surface area contributed by atoms with Gasteiger partial charge in [-0.05, 0) is 61.6 Å². The summed E-state index contributed by atoms with van der Waals surface area (Å²) < 4.78 is 16.2. The number of nitrogens with zero attached hydrogens (tertiary/aromatic N) is 2. The molecule has 0 N–H and O–H groups in total. The molecule has 0 bridgehead atoms. The summed E-state index contributed by atoms with van der Waals surface area (Å²) in [5, 5.41) is 0. The second-order valence-electron chi connectivity index (χ2n) is 7.77. The predicted octanol–water partition coefficient (Wildman–Crippen LogP) is 5.22. The van der Waals surface area contributed by atoms with Crippen molar-refractivity contribution in [1.29, 1.82) is 0 Å². The first-order valence-corrected chi connectivity index (χ1v) is 9.87. The molecule has 26 heavy (non-hydrogen) atoms. The molecule has 4 heteroatoms. The molecule has 0 radical (unpaired) electrons. The molecule has 4 rings (SSSR count). The van der Waals surface area contributed by atoms with Crippen molar-refractivity contribution in [2.24, 2.45) is 0 Å². The number of rotatable bonds is 4. The first kappa shape index (κ1) is 17.3. The Morgan fingerprint density at radius 2 is 2.00 bits per heavy atom. The van der Waals surface area contributed by atoms with E-state index in [2.05, 4.69) is 22.9 Å². The highest BCUT2D eigenvalue weighted by atomic mass is 19.1. The molecule has 2 heterocycles. The molecule has 1 aromatic heterocycles. The quantitative estimate of drug-likeness (QED) is 0.739. The van der Waals surface area contributed by atoms with E-state index in [1.165, 1.54) is 43.9 Å². The monoisotopic (exact) mass is 354 g/mol. The molecule has 2 aromatic rings. The fraction of sp³-hybridized carbons (Fsp3) is 0.500. The number of hydrogen-bond donors (Lipinski definition) is 0. The van der Waals surface area contributed by atoms with Crippen molar-refractivity contribution in [3.63, 3.8) is 0 Å². The third kappa shape index (κ3) is 3.29. The molecular weight excluding hydrogens is 327 g/mol. The van der Waals surface area contributed by atoms with Crippen LogP contribution >= 0.6 is 0 Å². The van der Waals surface area contributed by atoms with E-state index in [4.69, 9.17) is 0 Å². The highest BCUT2D eigenvalue weighted by Gasteiger charge is 2.31. The summed E-state index contributed by atoms with van der Waals surface area (Å²) in [5.74, 6) is 0.0231. The molecule has 1 unspecified atom stereocenters. The van der Waals surface area contributed by atoms with Crippen LogP contribution in [0.5, 0.6) is 0 Å². The van der Waals surface area contributed by atoms with Crippen LogP contribution in [-0.2, 0) is 11.2 Å². The summed E-state index contributed by atoms with van der Waals surface area (Å²) in [6, 6.07) is 9.81. The van der Waals surface area contributed by atoms with Crippen molar-refractivity contribution in [2.75, 3.05) is 11.4 Å². The maximum Gasteiger partial charge on any atom is 0.223 e. The Labute approximate surface area is 154 Å². The van der Waals surface area contributed by atoms with Crippen LogP contribution in [0.15, 0.2) is 36.5 Å². The van der Waals surface area contributed by atoms with E-state index < -0.39 is 0 Å². The van der Waals surface area contributed by atoms with Gasteiger partial charge in [0.05, 0.1) is 0 Å². The fourth-order valence-electron chi connectivity index (χ4n) is 4.74. The lowest BCUT2D eigenvalue weighted by Gasteiger charge is -2.26. The normalized spacial score (nSPS) is 20.4. The average molecular weight is 354 g/mol. The van der Waals surface area contributed by atoms with Crippen LogP contribution in [-0.4, -0.2) is 17.0 Å². The smallest absolute Gasteiger partial charge is 0.223 e. The van der Waals surface area contributed by atoms with Crippen LogP contribution in [0.2, 0.25) is 0 Å². The van der Waals surface area contributed by atoms with E-state index in [9.17, 15) is 9.18 Å². The third-order valence-electron chi connectivity index (χ3n) is 6.09. The van der Waals surface area contributed by atoms with Gasteiger partial charge >= 0.3 is 0 Å². The molecule has 0 saturated heterocycles. The Balaban J connectivity index is 1.50. The molecule has 2 aliphatic rings. The van der Waals surface area contributed by atoms with E-state index in [0.717, 1.165) is 24.1 Å². The number of benzene rings is 1. The van der Waals surface area contributed by atoms with Gasteiger partial charge in [0.2, 0.25) is 5.91 Å². The summed E-state index contributed by atoms with van der Waals surface area (Å²) in [5.41, 5.74) is 3.23. The number of fused-ring (bicyclic) bond motifs is 1. The van der Waals surface area contributed by atoms with Crippen molar-refractivity contribution < 1.29 is 9.18 Å². The summed E-state index contributed by atoms with van der Waals surface area (Å²) in [6.07, 6.45) is 10.7. The molecule has 1 aliphatic heterocycles. The maximum atomic E-state index is 13.8. The van der Waals surface area contributed by atoms with Gasteiger partial charge in [0.25, 0.3) is 0 Å². The largest absolute Gasteiger partial charge is 0.348 e. The Morgan fingerprint density at radius 1 is 1.19 bits per heavy atom. The van der Waals surface area contributed by atoms with Gasteiger partial charge in [0.15, 0.2) is 0 Å². The van der Waals surface area contributed by atoms with E-state index in [0.29, 0.717) is 12.6 Å². The SMILES string of the molecule is CC(=O)N1CC(CCc2cccn2C2CCCCC2)c2cc(F)ccc21. The zero-order chi connectivity index (χ0) is 18.1. The lowest BCUT2D eigenvalue weighted by atomic mass is 9.93. The van der Waals surface area contributed by atoms with Gasteiger partial charge in [0.1, 0.15) is 5.82 Å². The molecule has 0 spiro atoms. The number of aromatic nitrogens is 1. The minimum absolute atomic E-state index is 0.0333. The minimum atomic E-state index is -0.218. The van der Waals surface area contributed by atoms with Crippen molar-refractivity contribution in [3.8, 4) is 0 Å². The molecule has 1 fully saturated rings. The molecule has 1 saturated carbocycles. The van der Waals surface area contributed by atoms with Crippen molar-refractivity contribution in [2.45, 2.75) is 63.8 Å². The number of halogens is 1. The lowest BCUT2D eigenvalue weighted by Crippen LogP contribution is -2.27. The van der Waals surface area contributed by atoms with Crippen molar-refractivity contribution >= 4 is 11.6 Å². The number of carbonyl (C=O) groups excluding carboxylic acids is 1. The Morgan fingerprint density at radius 3 is 2.77 bits per heavy atom. The molecule has 1 aliphatic carbocycles. The van der Waals surface area contributed by atoms with Gasteiger partial charge in [-0.25, -0.2) is 4.39 Å². The minimum Gasteiger partial charge on any atom is -0.348 e. The Kier molecular flexibility index (Phi) is 4.84. The summed E-state index contributed by atoms with van der Waals surface area (Å²) in [4.78, 5) is 13.8. The first-order valence-electron chi connectivity index (χ1n) is 9.87. The van der Waals surface area contributed by atoms with Crippen LogP contribution in [0.1, 0.15) is 68.7 Å². The molecule has 1 amide bonds. The second kappa shape index (κ2) is 7.26. The zero-order valence-corrected chi connectivity index (χ0v) is 15.5. The summed E-state index contributed by atoms with van der Waals surface area (Å²) >= 11 is 0. The first-order chi connectivity index (χ1) is 12.6. The molecule has 1 aromatic carbocycles. The Hall–Kier alpha value is -2.10. The van der Waals surface area contributed by atoms with Crippen LogP contribution in [0.4, 0.5) is 10.1 Å².